The third kappa shape index (κ3) is 5.63. The van der Waals surface area contributed by atoms with Crippen LogP contribution in [0.3, 0.4) is 0 Å². The van der Waals surface area contributed by atoms with Crippen molar-refractivity contribution in [3.8, 4) is 0 Å². The number of benzene rings is 1. The molecule has 9 nitrogen and oxygen atoms in total. The number of fused-ring (bicyclic) bond motifs is 1. The molecule has 0 aliphatic carbocycles. The second kappa shape index (κ2) is 11.0. The monoisotopic (exact) mass is 599 g/mol. The number of oxazole rings is 1. The zero-order valence-corrected chi connectivity index (χ0v) is 21.4. The molecule has 14 heteroatoms. The molecule has 37 heavy (non-hydrogen) atoms. The number of nitrogens with zero attached hydrogens (tertiary/aromatic N) is 3. The van der Waals surface area contributed by atoms with Crippen molar-refractivity contribution in [2.75, 3.05) is 6.61 Å². The molecule has 2 aromatic heterocycles. The van der Waals surface area contributed by atoms with E-state index in [4.69, 9.17) is 30.2 Å². The maximum atomic E-state index is 13.8. The molecule has 4 heterocycles. The lowest BCUT2D eigenvalue weighted by molar-refractivity contribution is -0.277. The summed E-state index contributed by atoms with van der Waals surface area (Å²) in [6.07, 6.45) is 6.02. The minimum Gasteiger partial charge on any atom is -0.446 e. The number of aromatic nitrogens is 2. The topological polar surface area (TPSA) is 122 Å². The van der Waals surface area contributed by atoms with Crippen LogP contribution in [0.2, 0.25) is 0 Å². The number of pyridine rings is 1. The Morgan fingerprint density at radius 2 is 1.97 bits per heavy atom. The molecule has 5 rings (SSSR count). The molecule has 2 fully saturated rings. The van der Waals surface area contributed by atoms with Crippen LogP contribution >= 0.6 is 27.7 Å². The van der Waals surface area contributed by atoms with Gasteiger partial charge in [0.15, 0.2) is 23.8 Å². The van der Waals surface area contributed by atoms with Gasteiger partial charge in [-0.2, -0.15) is 0 Å². The van der Waals surface area contributed by atoms with E-state index in [1.165, 1.54) is 35.6 Å². The SMILES string of the molecule is N/C(=C\N(N)C1C2OCC2OC(Sc2cncc(Br)c2)C1OCc1cnco1)c1cc(F)c(F)c(F)c1. The third-order valence-corrected chi connectivity index (χ3v) is 7.39. The highest BCUT2D eigenvalue weighted by Gasteiger charge is 2.54. The molecule has 5 atom stereocenters. The zero-order chi connectivity index (χ0) is 26.1. The predicted molar refractivity (Wildman–Crippen MR) is 130 cm³/mol. The van der Waals surface area contributed by atoms with Crippen LogP contribution in [0.4, 0.5) is 13.2 Å². The molecule has 2 aliphatic rings. The van der Waals surface area contributed by atoms with Gasteiger partial charge in [-0.05, 0) is 34.1 Å². The van der Waals surface area contributed by atoms with Crippen LogP contribution in [0.25, 0.3) is 5.70 Å². The first-order valence-electron chi connectivity index (χ1n) is 11.0. The Labute approximate surface area is 222 Å². The number of rotatable bonds is 8. The summed E-state index contributed by atoms with van der Waals surface area (Å²) in [5.41, 5.74) is 5.38. The van der Waals surface area contributed by atoms with Crippen molar-refractivity contribution in [3.63, 3.8) is 0 Å². The fourth-order valence-electron chi connectivity index (χ4n) is 4.06. The van der Waals surface area contributed by atoms with Crippen LogP contribution in [0.15, 0.2) is 63.2 Å². The van der Waals surface area contributed by atoms with E-state index >= 15 is 0 Å². The summed E-state index contributed by atoms with van der Waals surface area (Å²) < 4.78 is 65.3. The molecule has 0 amide bonds. The molecule has 5 unspecified atom stereocenters. The molecular formula is C23H21BrF3N5O4S. The minimum atomic E-state index is -1.58. The van der Waals surface area contributed by atoms with Crippen LogP contribution in [0.1, 0.15) is 11.3 Å². The highest BCUT2D eigenvalue weighted by molar-refractivity contribution is 9.10. The molecule has 2 saturated heterocycles. The van der Waals surface area contributed by atoms with Crippen molar-refractivity contribution < 1.29 is 31.8 Å². The molecule has 2 aliphatic heterocycles. The summed E-state index contributed by atoms with van der Waals surface area (Å²) in [5.74, 6) is 2.60. The van der Waals surface area contributed by atoms with Gasteiger partial charge in [-0.1, -0.05) is 11.8 Å². The first-order valence-corrected chi connectivity index (χ1v) is 12.7. The summed E-state index contributed by atoms with van der Waals surface area (Å²) in [6.45, 7) is 0.419. The Bertz CT molecular complexity index is 1260. The van der Waals surface area contributed by atoms with Crippen LogP contribution < -0.4 is 11.6 Å². The number of ether oxygens (including phenoxy) is 3. The largest absolute Gasteiger partial charge is 0.446 e. The van der Waals surface area contributed by atoms with Crippen LogP contribution in [-0.4, -0.2) is 51.4 Å². The van der Waals surface area contributed by atoms with E-state index in [1.54, 1.807) is 12.4 Å². The number of nitrogens with two attached hydrogens (primary N) is 2. The molecule has 0 bridgehead atoms. The fraction of sp³-hybridized carbons (Fsp3) is 0.304. The van der Waals surface area contributed by atoms with Crippen molar-refractivity contribution in [1.29, 1.82) is 0 Å². The number of hydrogen-bond acceptors (Lipinski definition) is 10. The van der Waals surface area contributed by atoms with Crippen LogP contribution in [0, 0.1) is 17.5 Å². The molecule has 0 radical (unpaired) electrons. The summed E-state index contributed by atoms with van der Waals surface area (Å²) in [5, 5.41) is 1.27. The summed E-state index contributed by atoms with van der Waals surface area (Å²) in [4.78, 5) is 8.91. The lowest BCUT2D eigenvalue weighted by Gasteiger charge is -2.53. The highest BCUT2D eigenvalue weighted by Crippen LogP contribution is 2.41. The quantitative estimate of drug-likeness (QED) is 0.226. The molecule has 0 saturated carbocycles. The van der Waals surface area contributed by atoms with E-state index < -0.39 is 41.1 Å². The van der Waals surface area contributed by atoms with Gasteiger partial charge in [0.2, 0.25) is 0 Å². The lowest BCUT2D eigenvalue weighted by atomic mass is 9.92. The Hall–Kier alpha value is -2.62. The summed E-state index contributed by atoms with van der Waals surface area (Å²) >= 11 is 4.81. The van der Waals surface area contributed by atoms with Crippen LogP contribution in [0.5, 0.6) is 0 Å². The average molecular weight is 600 g/mol. The van der Waals surface area contributed by atoms with E-state index in [1.807, 2.05) is 6.07 Å². The molecule has 0 spiro atoms. The van der Waals surface area contributed by atoms with Crippen molar-refractivity contribution >= 4 is 33.4 Å². The Kier molecular flexibility index (Phi) is 7.74. The van der Waals surface area contributed by atoms with Gasteiger partial charge in [0.1, 0.15) is 42.2 Å². The molecule has 1 aromatic carbocycles. The van der Waals surface area contributed by atoms with Gasteiger partial charge in [0, 0.05) is 33.5 Å². The summed E-state index contributed by atoms with van der Waals surface area (Å²) in [6, 6.07) is 2.85. The van der Waals surface area contributed by atoms with Crippen molar-refractivity contribution in [3.05, 3.63) is 82.6 Å². The predicted octanol–water partition coefficient (Wildman–Crippen LogP) is 3.55. The zero-order valence-electron chi connectivity index (χ0n) is 19.0. The molecular weight excluding hydrogens is 579 g/mol. The standard InChI is InChI=1S/C23H21BrF3N5O4S/c24-12-3-14(6-30-4-12)37-23-22(33-8-13-5-31-10-35-13)20(21-18(36-23)9-34-21)32(29)7-17(28)11-1-15(25)19(27)16(26)2-11/h1-7,10,18,20-23H,8-9,28-29H2/b17-7-. The van der Waals surface area contributed by atoms with Gasteiger partial charge < -0.3 is 29.4 Å². The smallest absolute Gasteiger partial charge is 0.194 e. The molecule has 196 valence electrons. The lowest BCUT2D eigenvalue weighted by Crippen LogP contribution is -2.70. The second-order valence-electron chi connectivity index (χ2n) is 8.32. The van der Waals surface area contributed by atoms with Gasteiger partial charge in [-0.15, -0.1) is 0 Å². The summed E-state index contributed by atoms with van der Waals surface area (Å²) in [7, 11) is 0. The van der Waals surface area contributed by atoms with Gasteiger partial charge in [-0.3, -0.25) is 4.98 Å². The number of hydrogen-bond donors (Lipinski definition) is 2. The van der Waals surface area contributed by atoms with Gasteiger partial charge in [0.05, 0.1) is 18.5 Å². The number of halogens is 4. The van der Waals surface area contributed by atoms with Crippen molar-refractivity contribution in [1.82, 2.24) is 15.0 Å². The van der Waals surface area contributed by atoms with E-state index in [-0.39, 0.29) is 24.0 Å². The van der Waals surface area contributed by atoms with E-state index in [9.17, 15) is 13.2 Å². The Morgan fingerprint density at radius 1 is 1.19 bits per heavy atom. The molecule has 3 aromatic rings. The van der Waals surface area contributed by atoms with Crippen LogP contribution in [-0.2, 0) is 20.8 Å². The number of thioether (sulfide) groups is 1. The maximum absolute atomic E-state index is 13.8. The first-order chi connectivity index (χ1) is 17.8. The molecule has 4 N–H and O–H groups in total. The third-order valence-electron chi connectivity index (χ3n) is 5.85. The van der Waals surface area contributed by atoms with E-state index in [0.717, 1.165) is 21.5 Å². The maximum Gasteiger partial charge on any atom is 0.194 e. The van der Waals surface area contributed by atoms with Crippen molar-refractivity contribution in [2.24, 2.45) is 11.6 Å². The fourth-order valence-corrected chi connectivity index (χ4v) is 5.73. The van der Waals surface area contributed by atoms with E-state index in [2.05, 4.69) is 25.9 Å². The normalized spacial score (nSPS) is 25.4. The second-order valence-corrected chi connectivity index (χ2v) is 10.4. The average Bonchev–Trinajstić information content (AvgIpc) is 3.36. The Balaban J connectivity index is 1.44. The number of hydrazine groups is 1. The first kappa shape index (κ1) is 26.0. The van der Waals surface area contributed by atoms with Gasteiger partial charge in [0.25, 0.3) is 0 Å². The van der Waals surface area contributed by atoms with E-state index in [0.29, 0.717) is 12.4 Å². The van der Waals surface area contributed by atoms with Gasteiger partial charge in [-0.25, -0.2) is 24.0 Å². The highest BCUT2D eigenvalue weighted by atomic mass is 79.9. The minimum absolute atomic E-state index is 0.0666. The van der Waals surface area contributed by atoms with Crippen molar-refractivity contribution in [2.45, 2.75) is 41.3 Å². The van der Waals surface area contributed by atoms with Gasteiger partial charge >= 0.3 is 0 Å². The Morgan fingerprint density at radius 3 is 2.62 bits per heavy atom.